The first-order valence-corrected chi connectivity index (χ1v) is 12.2. The molecule has 0 aliphatic carbocycles. The third kappa shape index (κ3) is 6.13. The summed E-state index contributed by atoms with van der Waals surface area (Å²) >= 11 is 12.0. The smallest absolute Gasteiger partial charge is 0.433 e. The Morgan fingerprint density at radius 1 is 1.39 bits per heavy atom. The van der Waals surface area contributed by atoms with Gasteiger partial charge in [-0.3, -0.25) is 9.69 Å². The number of nitrogens with zero attached hydrogens (tertiary/aromatic N) is 2. The number of anilines is 1. The third-order valence-electron chi connectivity index (χ3n) is 4.82. The molecule has 2 unspecified atom stereocenters. The fourth-order valence-electron chi connectivity index (χ4n) is 3.28. The van der Waals surface area contributed by atoms with Crippen molar-refractivity contribution in [3.8, 4) is 0 Å². The van der Waals surface area contributed by atoms with Gasteiger partial charge in [0.1, 0.15) is 4.32 Å². The molecule has 0 bridgehead atoms. The fraction of sp³-hybridized carbons (Fsp3) is 0.579. The number of furan rings is 1. The predicted octanol–water partition coefficient (Wildman–Crippen LogP) is 3.06. The van der Waals surface area contributed by atoms with Crippen LogP contribution in [0.4, 0.5) is 5.88 Å². The van der Waals surface area contributed by atoms with Gasteiger partial charge in [-0.1, -0.05) is 67.2 Å². The molecule has 0 radical (unpaired) electrons. The van der Waals surface area contributed by atoms with E-state index in [2.05, 4.69) is 46.8 Å². The van der Waals surface area contributed by atoms with Crippen molar-refractivity contribution < 1.29 is 60.6 Å². The second-order valence-electron chi connectivity index (χ2n) is 6.95. The molecule has 148 valence electrons. The number of thiocarbonyl (C=S) groups is 1. The Morgan fingerprint density at radius 3 is 2.79 bits per heavy atom. The summed E-state index contributed by atoms with van der Waals surface area (Å²) in [6.45, 7) is 5.36. The van der Waals surface area contributed by atoms with E-state index in [-0.39, 0.29) is 62.5 Å². The van der Waals surface area contributed by atoms with Crippen LogP contribution in [0.5, 0.6) is 0 Å². The molecular formula is C19H25BrKN2O2S3+. The standard InChI is InChI=1S/C19H25BrN2O2S3.K/c1-4-5-6-9-22-16(26-14-11-15(20)24-18(14)22)8-7-12(2)10-13-17(23)21(3)19(25)27-13;/h7,11,13,16H,4-6,8-10H2,1-3H3;/q;+1/b12-7+;. The number of hydrogen-bond acceptors (Lipinski definition) is 6. The van der Waals surface area contributed by atoms with Crippen LogP contribution in [0.15, 0.2) is 31.7 Å². The topological polar surface area (TPSA) is 36.7 Å². The minimum atomic E-state index is -0.0685. The number of fused-ring (bicyclic) bond motifs is 1. The molecule has 2 aliphatic heterocycles. The van der Waals surface area contributed by atoms with Gasteiger partial charge < -0.3 is 9.32 Å². The van der Waals surface area contributed by atoms with Gasteiger partial charge in [0.25, 0.3) is 0 Å². The molecule has 1 saturated heterocycles. The molecule has 1 aromatic heterocycles. The zero-order valence-corrected chi connectivity index (χ0v) is 24.0. The molecular weight excluding hydrogens is 503 g/mol. The molecule has 2 atom stereocenters. The zero-order valence-electron chi connectivity index (χ0n) is 16.9. The Bertz CT molecular complexity index is 756. The number of carbonyl (C=O) groups excluding carboxylic acids is 1. The molecule has 0 saturated carbocycles. The molecule has 3 rings (SSSR count). The maximum absolute atomic E-state index is 12.2. The quantitative estimate of drug-likeness (QED) is 0.224. The summed E-state index contributed by atoms with van der Waals surface area (Å²) in [5.41, 5.74) is 1.25. The first kappa shape index (κ1) is 25.5. The van der Waals surface area contributed by atoms with E-state index in [9.17, 15) is 4.79 Å². The van der Waals surface area contributed by atoms with Gasteiger partial charge in [0.2, 0.25) is 11.8 Å². The summed E-state index contributed by atoms with van der Waals surface area (Å²) in [5, 5.41) is 0.287. The van der Waals surface area contributed by atoms with Crippen LogP contribution in [-0.4, -0.2) is 39.3 Å². The Hall–Kier alpha value is 1.20. The van der Waals surface area contributed by atoms with Gasteiger partial charge >= 0.3 is 51.4 Å². The first-order chi connectivity index (χ1) is 12.9. The number of thioether (sulfide) groups is 2. The maximum Gasteiger partial charge on any atom is 1.00 e. The van der Waals surface area contributed by atoms with Crippen LogP contribution in [-0.2, 0) is 4.79 Å². The normalized spacial score (nSPS) is 22.1. The summed E-state index contributed by atoms with van der Waals surface area (Å²) in [7, 11) is 1.76. The summed E-state index contributed by atoms with van der Waals surface area (Å²) in [5.74, 6) is 1.12. The number of halogens is 1. The average Bonchev–Trinajstić information content (AvgIpc) is 3.21. The van der Waals surface area contributed by atoms with Crippen LogP contribution in [0.25, 0.3) is 0 Å². The minimum absolute atomic E-state index is 0. The fourth-order valence-corrected chi connectivity index (χ4v) is 6.60. The van der Waals surface area contributed by atoms with E-state index in [1.807, 2.05) is 11.8 Å². The van der Waals surface area contributed by atoms with E-state index in [4.69, 9.17) is 16.6 Å². The molecule has 1 amide bonds. The molecule has 0 spiro atoms. The maximum atomic E-state index is 12.2. The van der Waals surface area contributed by atoms with Gasteiger partial charge in [0.05, 0.1) is 15.5 Å². The monoisotopic (exact) mass is 527 g/mol. The number of allylic oxidation sites excluding steroid dienone is 1. The summed E-state index contributed by atoms with van der Waals surface area (Å²) < 4.78 is 7.36. The van der Waals surface area contributed by atoms with Crippen molar-refractivity contribution in [2.75, 3.05) is 18.5 Å². The van der Waals surface area contributed by atoms with Crippen molar-refractivity contribution in [2.45, 2.75) is 61.5 Å². The first-order valence-electron chi connectivity index (χ1n) is 9.27. The molecule has 0 aromatic carbocycles. The van der Waals surface area contributed by atoms with E-state index in [1.165, 1.54) is 41.5 Å². The second kappa shape index (κ2) is 11.7. The molecule has 28 heavy (non-hydrogen) atoms. The van der Waals surface area contributed by atoms with E-state index in [1.54, 1.807) is 11.9 Å². The van der Waals surface area contributed by atoms with Crippen molar-refractivity contribution >= 4 is 67.8 Å². The SMILES string of the molecule is CCCCCN1c2oc(Br)cc2SC1C/C=C(\C)CC1SC(=S)N(C)C1=O.[K+]. The molecule has 1 aromatic rings. The minimum Gasteiger partial charge on any atom is -0.433 e. The van der Waals surface area contributed by atoms with Crippen molar-refractivity contribution in [1.29, 1.82) is 0 Å². The number of hydrogen-bond donors (Lipinski definition) is 0. The van der Waals surface area contributed by atoms with E-state index >= 15 is 0 Å². The van der Waals surface area contributed by atoms with Crippen LogP contribution < -0.4 is 56.3 Å². The Morgan fingerprint density at radius 2 is 2.14 bits per heavy atom. The van der Waals surface area contributed by atoms with Gasteiger partial charge in [-0.25, -0.2) is 0 Å². The van der Waals surface area contributed by atoms with Crippen molar-refractivity contribution in [3.05, 3.63) is 22.4 Å². The van der Waals surface area contributed by atoms with E-state index in [0.29, 0.717) is 9.69 Å². The van der Waals surface area contributed by atoms with Crippen LogP contribution in [0.2, 0.25) is 0 Å². The molecule has 9 heteroatoms. The van der Waals surface area contributed by atoms with Crippen molar-refractivity contribution in [3.63, 3.8) is 0 Å². The average molecular weight is 529 g/mol. The summed E-state index contributed by atoms with van der Waals surface area (Å²) in [6, 6.07) is 2.06. The second-order valence-corrected chi connectivity index (χ2v) is 10.8. The van der Waals surface area contributed by atoms with E-state index < -0.39 is 0 Å². The number of unbranched alkanes of at least 4 members (excludes halogenated alkanes) is 2. The Kier molecular flexibility index (Phi) is 10.6. The Balaban J connectivity index is 0.00000280. The van der Waals surface area contributed by atoms with Crippen LogP contribution >= 0.6 is 51.7 Å². The van der Waals surface area contributed by atoms with Crippen LogP contribution in [0.3, 0.4) is 0 Å². The molecule has 2 aliphatic rings. The van der Waals surface area contributed by atoms with Crippen LogP contribution in [0.1, 0.15) is 46.0 Å². The summed E-state index contributed by atoms with van der Waals surface area (Å²) in [4.78, 5) is 17.4. The Labute approximate surface area is 232 Å². The van der Waals surface area contributed by atoms with Crippen molar-refractivity contribution in [1.82, 2.24) is 4.90 Å². The van der Waals surface area contributed by atoms with Gasteiger partial charge in [0.15, 0.2) is 4.67 Å². The molecule has 3 heterocycles. The predicted molar refractivity (Wildman–Crippen MR) is 123 cm³/mol. The van der Waals surface area contributed by atoms with Gasteiger partial charge in [0, 0.05) is 19.7 Å². The molecule has 1 fully saturated rings. The molecule has 4 nitrogen and oxygen atoms in total. The summed E-state index contributed by atoms with van der Waals surface area (Å²) in [6.07, 6.45) is 7.59. The van der Waals surface area contributed by atoms with Gasteiger partial charge in [-0.05, 0) is 42.1 Å². The van der Waals surface area contributed by atoms with Crippen molar-refractivity contribution in [2.24, 2.45) is 0 Å². The van der Waals surface area contributed by atoms with Crippen LogP contribution in [0, 0.1) is 0 Å². The largest absolute Gasteiger partial charge is 1.00 e. The van der Waals surface area contributed by atoms with E-state index in [0.717, 1.165) is 29.9 Å². The van der Waals surface area contributed by atoms with Gasteiger partial charge in [-0.2, -0.15) is 0 Å². The third-order valence-corrected chi connectivity index (χ3v) is 8.17. The number of amides is 1. The number of carbonyl (C=O) groups is 1. The number of rotatable bonds is 8. The zero-order chi connectivity index (χ0) is 19.6. The molecule has 0 N–H and O–H groups in total. The van der Waals surface area contributed by atoms with Gasteiger partial charge in [-0.15, -0.1) is 0 Å².